The summed E-state index contributed by atoms with van der Waals surface area (Å²) in [7, 11) is 0. The van der Waals surface area contributed by atoms with E-state index in [9.17, 15) is 4.79 Å². The van der Waals surface area contributed by atoms with Crippen LogP contribution in [0.3, 0.4) is 0 Å². The van der Waals surface area contributed by atoms with Crippen molar-refractivity contribution in [1.82, 2.24) is 10.2 Å². The molecule has 0 aromatic heterocycles. The van der Waals surface area contributed by atoms with Crippen LogP contribution >= 0.6 is 0 Å². The standard InChI is InChI=1S/C20H40N2O2/c1-3-5-6-9-12-15-20(24)21-16-18-22(4-2)17-13-10-7-8-11-14-19-23/h5-6,23H,3-4,7-19H2,1-2H3,(H,21,24)/b6-5+. The first-order valence-electron chi connectivity index (χ1n) is 9.99. The third-order valence-electron chi connectivity index (χ3n) is 4.26. The Morgan fingerprint density at radius 1 is 0.958 bits per heavy atom. The van der Waals surface area contributed by atoms with Crippen molar-refractivity contribution in [3.05, 3.63) is 12.2 Å². The van der Waals surface area contributed by atoms with Gasteiger partial charge < -0.3 is 15.3 Å². The predicted molar refractivity (Wildman–Crippen MR) is 103 cm³/mol. The second-order valence-corrected chi connectivity index (χ2v) is 6.40. The Labute approximate surface area is 149 Å². The van der Waals surface area contributed by atoms with Gasteiger partial charge in [0, 0.05) is 26.1 Å². The number of unbranched alkanes of at least 4 members (excludes halogenated alkanes) is 6. The third kappa shape index (κ3) is 16.0. The molecule has 0 rings (SSSR count). The van der Waals surface area contributed by atoms with Gasteiger partial charge >= 0.3 is 0 Å². The minimum Gasteiger partial charge on any atom is -0.396 e. The van der Waals surface area contributed by atoms with Crippen molar-refractivity contribution in [3.8, 4) is 0 Å². The van der Waals surface area contributed by atoms with Crippen molar-refractivity contribution in [2.45, 2.75) is 78.1 Å². The maximum absolute atomic E-state index is 11.8. The van der Waals surface area contributed by atoms with Crippen LogP contribution in [0.5, 0.6) is 0 Å². The summed E-state index contributed by atoms with van der Waals surface area (Å²) in [4.78, 5) is 14.2. The van der Waals surface area contributed by atoms with E-state index in [1.807, 2.05) is 0 Å². The molecule has 24 heavy (non-hydrogen) atoms. The summed E-state index contributed by atoms with van der Waals surface area (Å²) in [6.07, 6.45) is 15.0. The first-order chi connectivity index (χ1) is 11.7. The second kappa shape index (κ2) is 18.5. The minimum absolute atomic E-state index is 0.180. The van der Waals surface area contributed by atoms with Gasteiger partial charge in [0.05, 0.1) is 0 Å². The first kappa shape index (κ1) is 23.1. The van der Waals surface area contributed by atoms with E-state index < -0.39 is 0 Å². The molecule has 0 aromatic carbocycles. The van der Waals surface area contributed by atoms with Gasteiger partial charge in [-0.25, -0.2) is 0 Å². The number of aliphatic hydroxyl groups excluding tert-OH is 1. The highest BCUT2D eigenvalue weighted by Gasteiger charge is 2.04. The van der Waals surface area contributed by atoms with Crippen molar-refractivity contribution < 1.29 is 9.90 Å². The molecule has 0 bridgehead atoms. The predicted octanol–water partition coefficient (Wildman–Crippen LogP) is 3.89. The highest BCUT2D eigenvalue weighted by molar-refractivity contribution is 5.75. The lowest BCUT2D eigenvalue weighted by molar-refractivity contribution is -0.121. The van der Waals surface area contributed by atoms with Crippen LogP contribution in [0.15, 0.2) is 12.2 Å². The lowest BCUT2D eigenvalue weighted by Crippen LogP contribution is -2.35. The van der Waals surface area contributed by atoms with Crippen LogP contribution in [0.2, 0.25) is 0 Å². The van der Waals surface area contributed by atoms with Gasteiger partial charge in [0.15, 0.2) is 0 Å². The van der Waals surface area contributed by atoms with Crippen LogP contribution in [-0.4, -0.2) is 48.7 Å². The number of rotatable bonds is 17. The molecule has 0 aliphatic carbocycles. The van der Waals surface area contributed by atoms with Crippen LogP contribution in [0.25, 0.3) is 0 Å². The minimum atomic E-state index is 0.180. The van der Waals surface area contributed by atoms with Crippen molar-refractivity contribution in [1.29, 1.82) is 0 Å². The Hall–Kier alpha value is -0.870. The molecule has 4 heteroatoms. The molecule has 142 valence electrons. The fraction of sp³-hybridized carbons (Fsp3) is 0.850. The maximum atomic E-state index is 11.8. The number of carbonyl (C=O) groups is 1. The molecule has 0 spiro atoms. The molecule has 0 radical (unpaired) electrons. The molecule has 1 amide bonds. The molecule has 0 atom stereocenters. The number of amides is 1. The highest BCUT2D eigenvalue weighted by atomic mass is 16.2. The number of carbonyl (C=O) groups excluding carboxylic acids is 1. The lowest BCUT2D eigenvalue weighted by Gasteiger charge is -2.20. The number of hydrogen-bond acceptors (Lipinski definition) is 3. The molecule has 0 saturated carbocycles. The van der Waals surface area contributed by atoms with Gasteiger partial charge in [0.1, 0.15) is 0 Å². The van der Waals surface area contributed by atoms with Crippen molar-refractivity contribution >= 4 is 5.91 Å². The summed E-state index contributed by atoms with van der Waals surface area (Å²) in [6, 6.07) is 0. The summed E-state index contributed by atoms with van der Waals surface area (Å²) in [6.45, 7) is 8.50. The summed E-state index contributed by atoms with van der Waals surface area (Å²) in [5, 5.41) is 11.8. The largest absolute Gasteiger partial charge is 0.396 e. The van der Waals surface area contributed by atoms with Gasteiger partial charge in [-0.3, -0.25) is 4.79 Å². The molecule has 2 N–H and O–H groups in total. The second-order valence-electron chi connectivity index (χ2n) is 6.40. The van der Waals surface area contributed by atoms with Gasteiger partial charge in [-0.15, -0.1) is 0 Å². The van der Waals surface area contributed by atoms with Crippen LogP contribution in [0.4, 0.5) is 0 Å². The maximum Gasteiger partial charge on any atom is 0.220 e. The van der Waals surface area contributed by atoms with E-state index in [-0.39, 0.29) is 5.91 Å². The first-order valence-corrected chi connectivity index (χ1v) is 9.99. The molecule has 0 fully saturated rings. The normalized spacial score (nSPS) is 11.5. The van der Waals surface area contributed by atoms with Crippen LogP contribution in [-0.2, 0) is 4.79 Å². The van der Waals surface area contributed by atoms with Gasteiger partial charge in [0.25, 0.3) is 0 Å². The Kier molecular flexibility index (Phi) is 17.8. The van der Waals surface area contributed by atoms with E-state index in [1.54, 1.807) is 0 Å². The number of nitrogens with one attached hydrogen (secondary N) is 1. The van der Waals surface area contributed by atoms with Gasteiger partial charge in [-0.05, 0) is 45.2 Å². The number of allylic oxidation sites excluding steroid dienone is 2. The highest BCUT2D eigenvalue weighted by Crippen LogP contribution is 2.06. The summed E-state index contributed by atoms with van der Waals surface area (Å²) < 4.78 is 0. The van der Waals surface area contributed by atoms with E-state index in [0.29, 0.717) is 13.0 Å². The average Bonchev–Trinajstić information content (AvgIpc) is 2.59. The zero-order valence-corrected chi connectivity index (χ0v) is 16.1. The summed E-state index contributed by atoms with van der Waals surface area (Å²) >= 11 is 0. The smallest absolute Gasteiger partial charge is 0.220 e. The zero-order valence-electron chi connectivity index (χ0n) is 16.1. The van der Waals surface area contributed by atoms with Crippen LogP contribution in [0.1, 0.15) is 78.1 Å². The van der Waals surface area contributed by atoms with Crippen molar-refractivity contribution in [2.75, 3.05) is 32.8 Å². The van der Waals surface area contributed by atoms with Crippen molar-refractivity contribution in [3.63, 3.8) is 0 Å². The van der Waals surface area contributed by atoms with E-state index in [4.69, 9.17) is 5.11 Å². The number of aliphatic hydroxyl groups is 1. The Morgan fingerprint density at radius 3 is 2.33 bits per heavy atom. The zero-order chi connectivity index (χ0) is 17.9. The van der Waals surface area contributed by atoms with Gasteiger partial charge in [-0.2, -0.15) is 0 Å². The van der Waals surface area contributed by atoms with Gasteiger partial charge in [-0.1, -0.05) is 51.7 Å². The molecule has 0 aliphatic heterocycles. The van der Waals surface area contributed by atoms with E-state index >= 15 is 0 Å². The quantitative estimate of drug-likeness (QED) is 0.312. The topological polar surface area (TPSA) is 52.6 Å². The summed E-state index contributed by atoms with van der Waals surface area (Å²) in [5.74, 6) is 0.180. The molecule has 0 aromatic rings. The van der Waals surface area contributed by atoms with Gasteiger partial charge in [0.2, 0.25) is 5.91 Å². The number of hydrogen-bond donors (Lipinski definition) is 2. The van der Waals surface area contributed by atoms with E-state index in [1.165, 1.54) is 25.7 Å². The van der Waals surface area contributed by atoms with Crippen LogP contribution in [0, 0.1) is 0 Å². The van der Waals surface area contributed by atoms with Crippen LogP contribution < -0.4 is 5.32 Å². The molecule has 0 heterocycles. The Morgan fingerprint density at radius 2 is 1.67 bits per heavy atom. The summed E-state index contributed by atoms with van der Waals surface area (Å²) in [5.41, 5.74) is 0. The Balaban J connectivity index is 3.53. The monoisotopic (exact) mass is 340 g/mol. The fourth-order valence-electron chi connectivity index (χ4n) is 2.69. The number of nitrogens with zero attached hydrogens (tertiary/aromatic N) is 1. The lowest BCUT2D eigenvalue weighted by atomic mass is 10.1. The molecular weight excluding hydrogens is 300 g/mol. The van der Waals surface area contributed by atoms with Crippen molar-refractivity contribution in [2.24, 2.45) is 0 Å². The fourth-order valence-corrected chi connectivity index (χ4v) is 2.69. The third-order valence-corrected chi connectivity index (χ3v) is 4.26. The molecule has 0 saturated heterocycles. The van der Waals surface area contributed by atoms with E-state index in [2.05, 4.69) is 36.2 Å². The average molecular weight is 341 g/mol. The molecule has 4 nitrogen and oxygen atoms in total. The molecule has 0 aliphatic rings. The SMILES string of the molecule is CC/C=C/CCCC(=O)NCCN(CC)CCCCCCCCO. The molecular formula is C20H40N2O2. The Bertz CT molecular complexity index is 306. The van der Waals surface area contributed by atoms with E-state index in [0.717, 1.165) is 58.3 Å². The molecule has 0 unspecified atom stereocenters. The number of likely N-dealkylation sites (N-methyl/N-ethyl adjacent to an activating group) is 1.